The molecule has 4 nitrogen and oxygen atoms in total. The Morgan fingerprint density at radius 1 is 1.00 bits per heavy atom. The van der Waals surface area contributed by atoms with Crippen LogP contribution < -0.4 is 10.6 Å². The topological polar surface area (TPSA) is 58.2 Å². The number of nitrogens with one attached hydrogen (secondary N) is 2. The minimum atomic E-state index is -0.303. The van der Waals surface area contributed by atoms with Gasteiger partial charge in [-0.2, -0.15) is 11.8 Å². The number of rotatable bonds is 9. The molecule has 0 unspecified atom stereocenters. The lowest BCUT2D eigenvalue weighted by atomic mass is 10.1. The Morgan fingerprint density at radius 3 is 2.50 bits per heavy atom. The summed E-state index contributed by atoms with van der Waals surface area (Å²) in [6.07, 6.45) is 1.71. The molecule has 6 heteroatoms. The number of hydrogen-bond donors (Lipinski definition) is 2. The molecule has 3 rings (SSSR count). The molecule has 1 heterocycles. The van der Waals surface area contributed by atoms with Crippen molar-refractivity contribution in [3.8, 4) is 0 Å². The van der Waals surface area contributed by atoms with Crippen molar-refractivity contribution in [1.82, 2.24) is 10.6 Å². The number of thioether (sulfide) groups is 1. The highest BCUT2D eigenvalue weighted by Crippen LogP contribution is 2.16. The van der Waals surface area contributed by atoms with Gasteiger partial charge in [0.2, 0.25) is 0 Å². The third-order valence-electron chi connectivity index (χ3n) is 4.41. The summed E-state index contributed by atoms with van der Waals surface area (Å²) in [6, 6.07) is 21.0. The Bertz CT molecular complexity index is 999. The summed E-state index contributed by atoms with van der Waals surface area (Å²) in [5.41, 5.74) is 3.34. The van der Waals surface area contributed by atoms with Crippen LogP contribution in [0.5, 0.6) is 0 Å². The van der Waals surface area contributed by atoms with E-state index in [1.807, 2.05) is 35.7 Å². The third-order valence-corrected chi connectivity index (χ3v) is 6.24. The predicted octanol–water partition coefficient (Wildman–Crippen LogP) is 4.88. The summed E-state index contributed by atoms with van der Waals surface area (Å²) in [6.45, 7) is 2.63. The summed E-state index contributed by atoms with van der Waals surface area (Å²) in [5, 5.41) is 7.60. The molecule has 2 aromatic carbocycles. The van der Waals surface area contributed by atoms with Gasteiger partial charge >= 0.3 is 0 Å². The van der Waals surface area contributed by atoms with Crippen molar-refractivity contribution in [2.24, 2.45) is 0 Å². The average Bonchev–Trinajstić information content (AvgIpc) is 3.28. The molecule has 1 aromatic heterocycles. The summed E-state index contributed by atoms with van der Waals surface area (Å²) >= 11 is 3.28. The zero-order chi connectivity index (χ0) is 21.2. The van der Waals surface area contributed by atoms with E-state index in [-0.39, 0.29) is 17.5 Å². The number of amides is 2. The van der Waals surface area contributed by atoms with Gasteiger partial charge < -0.3 is 10.6 Å². The first kappa shape index (κ1) is 21.9. The van der Waals surface area contributed by atoms with E-state index in [0.29, 0.717) is 12.1 Å². The highest BCUT2D eigenvalue weighted by Gasteiger charge is 2.14. The molecule has 0 spiro atoms. The summed E-state index contributed by atoms with van der Waals surface area (Å²) < 4.78 is 0. The minimum absolute atomic E-state index is 0.246. The van der Waals surface area contributed by atoms with Gasteiger partial charge in [0, 0.05) is 28.5 Å². The second-order valence-corrected chi connectivity index (χ2v) is 8.71. The molecule has 0 aliphatic heterocycles. The molecule has 154 valence electrons. The van der Waals surface area contributed by atoms with Crippen molar-refractivity contribution in [2.45, 2.75) is 12.7 Å². The molecule has 0 aliphatic carbocycles. The van der Waals surface area contributed by atoms with Crippen molar-refractivity contribution in [3.05, 3.63) is 99.4 Å². The quantitative estimate of drug-likeness (QED) is 0.371. The van der Waals surface area contributed by atoms with Crippen LogP contribution >= 0.6 is 23.1 Å². The van der Waals surface area contributed by atoms with E-state index in [1.165, 1.54) is 22.5 Å². The van der Waals surface area contributed by atoms with E-state index in [4.69, 9.17) is 0 Å². The molecule has 2 N–H and O–H groups in total. The predicted molar refractivity (Wildman–Crippen MR) is 127 cm³/mol. The third kappa shape index (κ3) is 6.61. The molecule has 3 aromatic rings. The molecular weight excluding hydrogens is 412 g/mol. The van der Waals surface area contributed by atoms with Crippen LogP contribution in [0.1, 0.15) is 26.4 Å². The van der Waals surface area contributed by atoms with Crippen molar-refractivity contribution in [1.29, 1.82) is 0 Å². The molecule has 0 radical (unpaired) electrons. The van der Waals surface area contributed by atoms with Crippen LogP contribution in [0.15, 0.2) is 77.8 Å². The van der Waals surface area contributed by atoms with Gasteiger partial charge in [0.05, 0.1) is 0 Å². The molecule has 0 saturated carbocycles. The number of aryl methyl sites for hydroxylation is 1. The Morgan fingerprint density at radius 2 is 1.77 bits per heavy atom. The van der Waals surface area contributed by atoms with Gasteiger partial charge in [-0.15, -0.1) is 11.3 Å². The van der Waals surface area contributed by atoms with E-state index in [9.17, 15) is 9.59 Å². The first-order chi connectivity index (χ1) is 14.6. The summed E-state index contributed by atoms with van der Waals surface area (Å²) in [4.78, 5) is 26.2. The van der Waals surface area contributed by atoms with Crippen molar-refractivity contribution in [2.75, 3.05) is 12.3 Å². The Labute approximate surface area is 185 Å². The van der Waals surface area contributed by atoms with E-state index in [0.717, 1.165) is 16.4 Å². The Kier molecular flexibility index (Phi) is 8.30. The van der Waals surface area contributed by atoms with Crippen LogP contribution in [0.25, 0.3) is 6.08 Å². The molecule has 2 amide bonds. The largest absolute Gasteiger partial charge is 0.350 e. The number of hydrogen-bond acceptors (Lipinski definition) is 4. The first-order valence-electron chi connectivity index (χ1n) is 9.65. The molecule has 0 atom stereocenters. The molecule has 30 heavy (non-hydrogen) atoms. The summed E-state index contributed by atoms with van der Waals surface area (Å²) in [5.74, 6) is 1.11. The highest BCUT2D eigenvalue weighted by atomic mass is 32.2. The fourth-order valence-electron chi connectivity index (χ4n) is 2.74. The highest BCUT2D eigenvalue weighted by molar-refractivity contribution is 7.98. The van der Waals surface area contributed by atoms with Gasteiger partial charge in [0.25, 0.3) is 11.8 Å². The van der Waals surface area contributed by atoms with Crippen molar-refractivity contribution >= 4 is 41.0 Å². The second-order valence-electron chi connectivity index (χ2n) is 6.63. The lowest BCUT2D eigenvalue weighted by Crippen LogP contribution is -2.35. The maximum Gasteiger partial charge on any atom is 0.267 e. The normalized spacial score (nSPS) is 11.2. The molecule has 0 saturated heterocycles. The smallest absolute Gasteiger partial charge is 0.267 e. The molecule has 0 fully saturated rings. The van der Waals surface area contributed by atoms with Crippen LogP contribution in [0.3, 0.4) is 0 Å². The van der Waals surface area contributed by atoms with Gasteiger partial charge in [0.1, 0.15) is 5.70 Å². The van der Waals surface area contributed by atoms with E-state index in [2.05, 4.69) is 29.7 Å². The van der Waals surface area contributed by atoms with Crippen molar-refractivity contribution in [3.63, 3.8) is 0 Å². The van der Waals surface area contributed by atoms with Crippen LogP contribution in [-0.4, -0.2) is 24.1 Å². The van der Waals surface area contributed by atoms with Gasteiger partial charge in [-0.3, -0.25) is 9.59 Å². The molecule has 0 aliphatic rings. The lowest BCUT2D eigenvalue weighted by molar-refractivity contribution is -0.117. The van der Waals surface area contributed by atoms with Crippen LogP contribution in [0, 0.1) is 6.92 Å². The van der Waals surface area contributed by atoms with E-state index < -0.39 is 0 Å². The molecule has 0 bridgehead atoms. The van der Waals surface area contributed by atoms with Gasteiger partial charge in [-0.25, -0.2) is 0 Å². The average molecular weight is 437 g/mol. The number of carbonyl (C=O) groups is 2. The molecular formula is C24H24N2O2S2. The number of thiophene rings is 1. The first-order valence-corrected chi connectivity index (χ1v) is 11.7. The monoisotopic (exact) mass is 436 g/mol. The van der Waals surface area contributed by atoms with E-state index >= 15 is 0 Å². The van der Waals surface area contributed by atoms with Gasteiger partial charge in [-0.1, -0.05) is 48.5 Å². The van der Waals surface area contributed by atoms with Crippen LogP contribution in [0.2, 0.25) is 0 Å². The van der Waals surface area contributed by atoms with E-state index in [1.54, 1.807) is 42.1 Å². The van der Waals surface area contributed by atoms with Crippen molar-refractivity contribution < 1.29 is 9.59 Å². The lowest BCUT2D eigenvalue weighted by Gasteiger charge is -2.11. The number of carbonyl (C=O) groups excluding carboxylic acids is 2. The van der Waals surface area contributed by atoms with Gasteiger partial charge in [0.15, 0.2) is 0 Å². The standard InChI is InChI=1S/C24H24N2O2S2/c1-18-8-5-6-11-20(18)17-29-15-13-25-24(28)22(16-21-12-7-14-30-21)26-23(27)19-9-3-2-4-10-19/h2-12,14,16H,13,15,17H2,1H3,(H,25,28)(H,26,27)/b22-16-. The van der Waals surface area contributed by atoms with Crippen LogP contribution in [-0.2, 0) is 10.5 Å². The minimum Gasteiger partial charge on any atom is -0.350 e. The fraction of sp³-hybridized carbons (Fsp3) is 0.167. The fourth-order valence-corrected chi connectivity index (χ4v) is 4.34. The SMILES string of the molecule is Cc1ccccc1CSCCNC(=O)/C(=C/c1cccs1)NC(=O)c1ccccc1. The maximum absolute atomic E-state index is 12.7. The second kappa shape index (κ2) is 11.4. The Balaban J connectivity index is 1.56. The Hall–Kier alpha value is -2.83. The summed E-state index contributed by atoms with van der Waals surface area (Å²) in [7, 11) is 0. The van der Waals surface area contributed by atoms with Gasteiger partial charge in [-0.05, 0) is 47.7 Å². The zero-order valence-corrected chi connectivity index (χ0v) is 18.4. The maximum atomic E-state index is 12.7. The zero-order valence-electron chi connectivity index (χ0n) is 16.8. The number of benzene rings is 2. The van der Waals surface area contributed by atoms with Crippen LogP contribution in [0.4, 0.5) is 0 Å².